The summed E-state index contributed by atoms with van der Waals surface area (Å²) in [6.45, 7) is 4.78. The zero-order valence-corrected chi connectivity index (χ0v) is 36.5. The molecule has 65 heavy (non-hydrogen) atoms. The maximum atomic E-state index is 2.50. The number of para-hydroxylation sites is 1. The van der Waals surface area contributed by atoms with Gasteiger partial charge < -0.3 is 4.90 Å². The molecule has 0 amide bonds. The third kappa shape index (κ3) is 5.46. The minimum Gasteiger partial charge on any atom is -0.310 e. The number of rotatable bonds is 6. The molecule has 10 aromatic rings. The molecular formula is C64H45N. The van der Waals surface area contributed by atoms with Crippen molar-refractivity contribution in [3.8, 4) is 66.8 Å². The lowest BCUT2D eigenvalue weighted by Gasteiger charge is -2.31. The highest BCUT2D eigenvalue weighted by atomic mass is 15.1. The number of nitrogens with zero attached hydrogens (tertiary/aromatic N) is 1. The quantitative estimate of drug-likeness (QED) is 0.161. The molecular weight excluding hydrogens is 783 g/mol. The van der Waals surface area contributed by atoms with Crippen molar-refractivity contribution in [1.29, 1.82) is 0 Å². The van der Waals surface area contributed by atoms with Gasteiger partial charge in [0.1, 0.15) is 0 Å². The second-order valence-corrected chi connectivity index (χ2v) is 18.4. The Balaban J connectivity index is 0.903. The zero-order chi connectivity index (χ0) is 43.3. The van der Waals surface area contributed by atoms with Crippen LogP contribution in [-0.2, 0) is 10.8 Å². The first kappa shape index (κ1) is 37.5. The molecule has 0 radical (unpaired) electrons. The molecule has 0 aliphatic heterocycles. The van der Waals surface area contributed by atoms with Crippen LogP contribution in [0.3, 0.4) is 0 Å². The van der Waals surface area contributed by atoms with Crippen molar-refractivity contribution < 1.29 is 0 Å². The van der Waals surface area contributed by atoms with Gasteiger partial charge in [-0.1, -0.05) is 208 Å². The highest BCUT2D eigenvalue weighted by Crippen LogP contribution is 2.66. The SMILES string of the molecule is CC1(C)c2ccccc2-c2c1ccc1c2-c2ccccc2C12c1ccccc1-c1ccc(-c3ccc(-c4cccc(N(c5ccccc5)c5ccc(-c6ccccc6)cc5)c4)cc3)cc12. The van der Waals surface area contributed by atoms with Gasteiger partial charge in [-0.25, -0.2) is 0 Å². The topological polar surface area (TPSA) is 3.24 Å². The van der Waals surface area contributed by atoms with Gasteiger partial charge in [0.2, 0.25) is 0 Å². The molecule has 1 spiro atoms. The number of anilines is 3. The van der Waals surface area contributed by atoms with Gasteiger partial charge in [0.25, 0.3) is 0 Å². The van der Waals surface area contributed by atoms with Gasteiger partial charge in [0.05, 0.1) is 5.41 Å². The van der Waals surface area contributed by atoms with E-state index in [1.807, 2.05) is 0 Å². The predicted molar refractivity (Wildman–Crippen MR) is 271 cm³/mol. The van der Waals surface area contributed by atoms with Crippen LogP contribution in [0, 0.1) is 0 Å². The maximum absolute atomic E-state index is 2.50. The molecule has 1 unspecified atom stereocenters. The highest BCUT2D eigenvalue weighted by Gasteiger charge is 2.53. The van der Waals surface area contributed by atoms with Crippen molar-refractivity contribution in [2.45, 2.75) is 24.7 Å². The Morgan fingerprint density at radius 1 is 0.262 bits per heavy atom. The fraction of sp³-hybridized carbons (Fsp3) is 0.0625. The van der Waals surface area contributed by atoms with Crippen LogP contribution in [0.25, 0.3) is 66.8 Å². The van der Waals surface area contributed by atoms with Crippen LogP contribution in [0.2, 0.25) is 0 Å². The first-order valence-corrected chi connectivity index (χ1v) is 22.8. The van der Waals surface area contributed by atoms with Crippen molar-refractivity contribution in [1.82, 2.24) is 0 Å². The molecule has 0 N–H and O–H groups in total. The van der Waals surface area contributed by atoms with Gasteiger partial charge in [-0.2, -0.15) is 0 Å². The summed E-state index contributed by atoms with van der Waals surface area (Å²) in [7, 11) is 0. The van der Waals surface area contributed by atoms with Gasteiger partial charge in [-0.05, 0) is 143 Å². The van der Waals surface area contributed by atoms with Crippen molar-refractivity contribution in [2.24, 2.45) is 0 Å². The third-order valence-electron chi connectivity index (χ3n) is 14.7. The van der Waals surface area contributed by atoms with E-state index in [-0.39, 0.29) is 5.41 Å². The van der Waals surface area contributed by atoms with Crippen molar-refractivity contribution in [3.05, 3.63) is 270 Å². The van der Waals surface area contributed by atoms with E-state index in [4.69, 9.17) is 0 Å². The summed E-state index contributed by atoms with van der Waals surface area (Å²) in [6, 6.07) is 87.8. The second kappa shape index (κ2) is 14.3. The molecule has 0 heterocycles. The van der Waals surface area contributed by atoms with Gasteiger partial charge in [0.15, 0.2) is 0 Å². The Morgan fingerprint density at radius 2 is 0.692 bits per heavy atom. The fourth-order valence-electron chi connectivity index (χ4n) is 11.7. The van der Waals surface area contributed by atoms with E-state index in [1.54, 1.807) is 0 Å². The Bertz CT molecular complexity index is 3490. The molecule has 0 saturated heterocycles. The highest BCUT2D eigenvalue weighted by molar-refractivity contribution is 6.03. The smallest absolute Gasteiger partial charge is 0.0725 e. The number of hydrogen-bond acceptors (Lipinski definition) is 1. The molecule has 0 bridgehead atoms. The monoisotopic (exact) mass is 827 g/mol. The van der Waals surface area contributed by atoms with Crippen LogP contribution in [0.15, 0.2) is 237 Å². The Hall–Kier alpha value is -8.00. The van der Waals surface area contributed by atoms with Gasteiger partial charge >= 0.3 is 0 Å². The van der Waals surface area contributed by atoms with Crippen LogP contribution in [0.5, 0.6) is 0 Å². The van der Waals surface area contributed by atoms with E-state index in [0.29, 0.717) is 0 Å². The average Bonchev–Trinajstić information content (AvgIpc) is 3.93. The lowest BCUT2D eigenvalue weighted by molar-refractivity contribution is 0.660. The summed E-state index contributed by atoms with van der Waals surface area (Å²) >= 11 is 0. The standard InChI is InChI=1S/C64H45N/c1-63(2)55-25-12-10-23-53(55)61-58(63)38-39-59-62(61)54-24-11-14-27-57(54)64(59)56-26-13-9-22-51(56)52-37-34-47(41-60(52)64)45-30-28-44(29-31-45)46-18-15-21-50(40-46)65(48-19-7-4-8-20-48)49-35-32-43(33-36-49)42-16-5-3-6-17-42/h3-41H,1-2H3. The molecule has 1 heteroatoms. The van der Waals surface area contributed by atoms with E-state index in [9.17, 15) is 0 Å². The van der Waals surface area contributed by atoms with E-state index >= 15 is 0 Å². The largest absolute Gasteiger partial charge is 0.310 e. The summed E-state index contributed by atoms with van der Waals surface area (Å²) in [5.74, 6) is 0. The van der Waals surface area contributed by atoms with Gasteiger partial charge in [-0.3, -0.25) is 0 Å². The Morgan fingerprint density at radius 3 is 1.40 bits per heavy atom. The number of benzene rings is 10. The van der Waals surface area contributed by atoms with Crippen LogP contribution in [0.4, 0.5) is 17.1 Å². The summed E-state index contributed by atoms with van der Waals surface area (Å²) < 4.78 is 0. The van der Waals surface area contributed by atoms with Crippen LogP contribution in [0.1, 0.15) is 47.2 Å². The molecule has 1 nitrogen and oxygen atoms in total. The molecule has 306 valence electrons. The molecule has 1 atom stereocenters. The lowest BCUT2D eigenvalue weighted by atomic mass is 9.69. The van der Waals surface area contributed by atoms with Gasteiger partial charge in [0, 0.05) is 22.5 Å². The van der Waals surface area contributed by atoms with E-state index < -0.39 is 5.41 Å². The minimum absolute atomic E-state index is 0.0752. The predicted octanol–water partition coefficient (Wildman–Crippen LogP) is 16.8. The fourth-order valence-corrected chi connectivity index (χ4v) is 11.7. The molecule has 0 saturated carbocycles. The molecule has 3 aliphatic rings. The summed E-state index contributed by atoms with van der Waals surface area (Å²) in [5.41, 5.74) is 26.5. The first-order chi connectivity index (χ1) is 32.0. The van der Waals surface area contributed by atoms with Gasteiger partial charge in [-0.15, -0.1) is 0 Å². The second-order valence-electron chi connectivity index (χ2n) is 18.4. The molecule has 3 aliphatic carbocycles. The number of hydrogen-bond donors (Lipinski definition) is 0. The van der Waals surface area contributed by atoms with E-state index in [1.165, 1.54) is 100 Å². The first-order valence-electron chi connectivity index (χ1n) is 22.8. The van der Waals surface area contributed by atoms with E-state index in [0.717, 1.165) is 17.1 Å². The third-order valence-corrected chi connectivity index (χ3v) is 14.7. The Kier molecular flexibility index (Phi) is 8.24. The average molecular weight is 828 g/mol. The summed E-state index contributed by atoms with van der Waals surface area (Å²) in [4.78, 5) is 2.35. The van der Waals surface area contributed by atoms with Crippen molar-refractivity contribution in [2.75, 3.05) is 4.90 Å². The molecule has 0 aromatic heterocycles. The lowest BCUT2D eigenvalue weighted by Crippen LogP contribution is -2.26. The molecule has 10 aromatic carbocycles. The van der Waals surface area contributed by atoms with Crippen molar-refractivity contribution in [3.63, 3.8) is 0 Å². The summed E-state index contributed by atoms with van der Waals surface area (Å²) in [5, 5.41) is 0. The summed E-state index contributed by atoms with van der Waals surface area (Å²) in [6.07, 6.45) is 0. The van der Waals surface area contributed by atoms with Crippen LogP contribution in [-0.4, -0.2) is 0 Å². The van der Waals surface area contributed by atoms with E-state index in [2.05, 4.69) is 255 Å². The van der Waals surface area contributed by atoms with Crippen LogP contribution < -0.4 is 4.90 Å². The zero-order valence-electron chi connectivity index (χ0n) is 36.5. The molecule has 0 fully saturated rings. The number of fused-ring (bicyclic) bond motifs is 14. The Labute approximate surface area is 381 Å². The van der Waals surface area contributed by atoms with Crippen LogP contribution >= 0.6 is 0 Å². The maximum Gasteiger partial charge on any atom is 0.0725 e. The molecule has 13 rings (SSSR count). The minimum atomic E-state index is -0.433. The van der Waals surface area contributed by atoms with Crippen molar-refractivity contribution >= 4 is 17.1 Å². The normalized spacial score (nSPS) is 15.4.